The van der Waals surface area contributed by atoms with E-state index < -0.39 is 0 Å². The number of nitrogens with zero attached hydrogens (tertiary/aromatic N) is 1. The molecule has 0 atom stereocenters. The zero-order valence-corrected chi connectivity index (χ0v) is 13.3. The maximum atomic E-state index is 12.6. The molecule has 0 aliphatic heterocycles. The van der Waals surface area contributed by atoms with Gasteiger partial charge in [-0.1, -0.05) is 29.8 Å². The van der Waals surface area contributed by atoms with Crippen molar-refractivity contribution in [3.63, 3.8) is 0 Å². The van der Waals surface area contributed by atoms with Gasteiger partial charge < -0.3 is 4.42 Å². The summed E-state index contributed by atoms with van der Waals surface area (Å²) in [7, 11) is 0. The Labute approximate surface area is 143 Å². The number of rotatable bonds is 3. The van der Waals surface area contributed by atoms with E-state index in [2.05, 4.69) is 4.98 Å². The van der Waals surface area contributed by atoms with Crippen molar-refractivity contribution in [3.8, 4) is 11.5 Å². The van der Waals surface area contributed by atoms with Crippen LogP contribution >= 0.6 is 11.6 Å². The molecule has 0 aliphatic rings. The quantitative estimate of drug-likeness (QED) is 0.473. The smallest absolute Gasteiger partial charge is 0.227 e. The highest BCUT2D eigenvalue weighted by Gasteiger charge is 2.13. The number of benzene rings is 3. The minimum Gasteiger partial charge on any atom is -0.436 e. The van der Waals surface area contributed by atoms with Gasteiger partial charge in [-0.25, -0.2) is 4.98 Å². The van der Waals surface area contributed by atoms with Gasteiger partial charge in [0.2, 0.25) is 5.89 Å². The highest BCUT2D eigenvalue weighted by atomic mass is 35.5. The van der Waals surface area contributed by atoms with E-state index in [-0.39, 0.29) is 5.78 Å². The number of ketones is 1. The van der Waals surface area contributed by atoms with Crippen LogP contribution in [-0.2, 0) is 0 Å². The molecule has 4 aromatic rings. The molecule has 1 aromatic heterocycles. The van der Waals surface area contributed by atoms with Gasteiger partial charge in [0, 0.05) is 21.7 Å². The van der Waals surface area contributed by atoms with Crippen molar-refractivity contribution in [2.45, 2.75) is 0 Å². The summed E-state index contributed by atoms with van der Waals surface area (Å²) in [5.41, 5.74) is 3.36. The molecule has 0 unspecified atom stereocenters. The van der Waals surface area contributed by atoms with Crippen molar-refractivity contribution in [3.05, 3.63) is 88.9 Å². The minimum atomic E-state index is -0.0776. The van der Waals surface area contributed by atoms with Crippen LogP contribution in [0.25, 0.3) is 22.6 Å². The van der Waals surface area contributed by atoms with Crippen molar-refractivity contribution in [2.75, 3.05) is 0 Å². The Morgan fingerprint density at radius 3 is 2.33 bits per heavy atom. The van der Waals surface area contributed by atoms with Gasteiger partial charge in [-0.05, 0) is 54.6 Å². The van der Waals surface area contributed by atoms with Crippen LogP contribution < -0.4 is 0 Å². The van der Waals surface area contributed by atoms with E-state index in [0.717, 1.165) is 11.1 Å². The number of halogens is 1. The summed E-state index contributed by atoms with van der Waals surface area (Å²) >= 11 is 5.87. The third-order valence-corrected chi connectivity index (χ3v) is 4.03. The lowest BCUT2D eigenvalue weighted by molar-refractivity contribution is 0.103. The molecule has 24 heavy (non-hydrogen) atoms. The number of carbonyl (C=O) groups excluding carboxylic acids is 1. The zero-order valence-electron chi connectivity index (χ0n) is 12.6. The Balaban J connectivity index is 1.73. The van der Waals surface area contributed by atoms with E-state index in [1.807, 2.05) is 30.3 Å². The first-order valence-corrected chi connectivity index (χ1v) is 7.85. The zero-order chi connectivity index (χ0) is 16.5. The summed E-state index contributed by atoms with van der Waals surface area (Å²) in [6.45, 7) is 0. The van der Waals surface area contributed by atoms with E-state index in [1.165, 1.54) is 0 Å². The summed E-state index contributed by atoms with van der Waals surface area (Å²) in [5, 5.41) is 0.602. The van der Waals surface area contributed by atoms with Gasteiger partial charge in [-0.2, -0.15) is 0 Å². The number of aromatic nitrogens is 1. The second-order valence-electron chi connectivity index (χ2n) is 5.40. The van der Waals surface area contributed by atoms with Crippen LogP contribution in [0.15, 0.2) is 77.2 Å². The second-order valence-corrected chi connectivity index (χ2v) is 5.84. The molecule has 0 saturated carbocycles. The van der Waals surface area contributed by atoms with Crippen molar-refractivity contribution in [1.29, 1.82) is 0 Å². The van der Waals surface area contributed by atoms with Gasteiger partial charge >= 0.3 is 0 Å². The van der Waals surface area contributed by atoms with Crippen molar-refractivity contribution >= 4 is 28.5 Å². The van der Waals surface area contributed by atoms with E-state index in [1.54, 1.807) is 42.5 Å². The molecule has 0 aliphatic carbocycles. The summed E-state index contributed by atoms with van der Waals surface area (Å²) < 4.78 is 5.82. The molecule has 3 aromatic carbocycles. The number of oxazole rings is 1. The van der Waals surface area contributed by atoms with E-state index >= 15 is 0 Å². The Bertz CT molecular complexity index is 1020. The van der Waals surface area contributed by atoms with Crippen molar-refractivity contribution in [1.82, 2.24) is 4.98 Å². The van der Waals surface area contributed by atoms with Crippen LogP contribution in [0.5, 0.6) is 0 Å². The summed E-state index contributed by atoms with van der Waals surface area (Å²) in [6.07, 6.45) is 0. The van der Waals surface area contributed by atoms with Crippen LogP contribution in [0.1, 0.15) is 15.9 Å². The Hall–Kier alpha value is -2.91. The monoisotopic (exact) mass is 333 g/mol. The Morgan fingerprint density at radius 1 is 0.875 bits per heavy atom. The average Bonchev–Trinajstić information content (AvgIpc) is 3.06. The molecule has 3 nitrogen and oxygen atoms in total. The molecule has 4 rings (SSSR count). The summed E-state index contributed by atoms with van der Waals surface area (Å²) in [5.74, 6) is 0.466. The first kappa shape index (κ1) is 14.7. The minimum absolute atomic E-state index is 0.0776. The van der Waals surface area contributed by atoms with Crippen molar-refractivity contribution in [2.24, 2.45) is 0 Å². The third kappa shape index (κ3) is 2.70. The number of hydrogen-bond donors (Lipinski definition) is 0. The summed E-state index contributed by atoms with van der Waals surface area (Å²) in [4.78, 5) is 17.0. The highest BCUT2D eigenvalue weighted by Crippen LogP contribution is 2.25. The molecule has 1 heterocycles. The van der Waals surface area contributed by atoms with Gasteiger partial charge in [0.15, 0.2) is 11.4 Å². The highest BCUT2D eigenvalue weighted by molar-refractivity contribution is 6.30. The molecule has 0 fully saturated rings. The van der Waals surface area contributed by atoms with Gasteiger partial charge in [0.05, 0.1) is 0 Å². The van der Waals surface area contributed by atoms with Crippen LogP contribution in [0.4, 0.5) is 0 Å². The Kier molecular flexibility index (Phi) is 3.63. The standard InChI is InChI=1S/C20H12ClNO2/c21-16-9-6-13(7-10-16)19(23)15-8-11-17-18(12-15)24-20(22-17)14-4-2-1-3-5-14/h1-12H. The third-order valence-electron chi connectivity index (χ3n) is 3.78. The van der Waals surface area contributed by atoms with Crippen LogP contribution in [0, 0.1) is 0 Å². The largest absolute Gasteiger partial charge is 0.436 e. The molecule has 0 bridgehead atoms. The number of hydrogen-bond acceptors (Lipinski definition) is 3. The van der Waals surface area contributed by atoms with Gasteiger partial charge in [-0.3, -0.25) is 4.79 Å². The van der Waals surface area contributed by atoms with Crippen molar-refractivity contribution < 1.29 is 9.21 Å². The molecule has 0 amide bonds. The predicted octanol–water partition coefficient (Wildman–Crippen LogP) is 5.38. The molecule has 4 heteroatoms. The SMILES string of the molecule is O=C(c1ccc(Cl)cc1)c1ccc2nc(-c3ccccc3)oc2c1. The molecule has 0 N–H and O–H groups in total. The average molecular weight is 334 g/mol. The predicted molar refractivity (Wildman–Crippen MR) is 94.3 cm³/mol. The van der Waals surface area contributed by atoms with Gasteiger partial charge in [0.25, 0.3) is 0 Å². The molecule has 0 radical (unpaired) electrons. The maximum absolute atomic E-state index is 12.6. The fourth-order valence-electron chi connectivity index (χ4n) is 2.54. The second kappa shape index (κ2) is 5.95. The van der Waals surface area contributed by atoms with Crippen LogP contribution in [0.2, 0.25) is 5.02 Å². The van der Waals surface area contributed by atoms with E-state index in [4.69, 9.17) is 16.0 Å². The lowest BCUT2D eigenvalue weighted by Crippen LogP contribution is -2.00. The topological polar surface area (TPSA) is 43.1 Å². The molecular formula is C20H12ClNO2. The normalized spacial score (nSPS) is 10.9. The number of fused-ring (bicyclic) bond motifs is 1. The molecule has 116 valence electrons. The molecule has 0 saturated heterocycles. The molecule has 0 spiro atoms. The number of carbonyl (C=O) groups is 1. The fraction of sp³-hybridized carbons (Fsp3) is 0. The van der Waals surface area contributed by atoms with Crippen LogP contribution in [0.3, 0.4) is 0 Å². The van der Waals surface area contributed by atoms with E-state index in [0.29, 0.717) is 27.6 Å². The lowest BCUT2D eigenvalue weighted by atomic mass is 10.0. The first-order valence-electron chi connectivity index (χ1n) is 7.47. The van der Waals surface area contributed by atoms with Gasteiger partial charge in [0.1, 0.15) is 5.52 Å². The summed E-state index contributed by atoms with van der Waals surface area (Å²) in [6, 6.07) is 21.8. The van der Waals surface area contributed by atoms with E-state index in [9.17, 15) is 4.79 Å². The molecular weight excluding hydrogens is 322 g/mol. The fourth-order valence-corrected chi connectivity index (χ4v) is 2.66. The lowest BCUT2D eigenvalue weighted by Gasteiger charge is -2.01. The maximum Gasteiger partial charge on any atom is 0.227 e. The van der Waals surface area contributed by atoms with Gasteiger partial charge in [-0.15, -0.1) is 0 Å². The van der Waals surface area contributed by atoms with Crippen LogP contribution in [-0.4, -0.2) is 10.8 Å². The Morgan fingerprint density at radius 2 is 1.58 bits per heavy atom. The first-order chi connectivity index (χ1) is 11.7.